The summed E-state index contributed by atoms with van der Waals surface area (Å²) in [4.78, 5) is 30.9. The molecule has 1 aliphatic rings. The van der Waals surface area contributed by atoms with Gasteiger partial charge in [0.05, 0.1) is 0 Å². The number of carbonyl (C=O) groups is 1. The van der Waals surface area contributed by atoms with E-state index in [1.807, 2.05) is 6.07 Å². The molecular weight excluding hydrogens is 316 g/mol. The Labute approximate surface area is 136 Å². The number of ether oxygens (including phenoxy) is 2. The largest absolute Gasteiger partial charge is 0.462 e. The number of rotatable bonds is 4. The molecule has 0 aliphatic carbocycles. The maximum absolute atomic E-state index is 12.2. The molecule has 1 saturated heterocycles. The van der Waals surface area contributed by atoms with Gasteiger partial charge in [-0.2, -0.15) is 15.3 Å². The second-order valence-electron chi connectivity index (χ2n) is 5.31. The molecule has 1 fully saturated rings. The molecular formula is C14H14N6O4. The highest BCUT2D eigenvalue weighted by molar-refractivity contribution is 5.66. The molecule has 10 heteroatoms. The van der Waals surface area contributed by atoms with E-state index in [1.54, 1.807) is 6.07 Å². The quantitative estimate of drug-likeness (QED) is 0.715. The molecule has 0 amide bonds. The number of hydrogen-bond acceptors (Lipinski definition) is 8. The first kappa shape index (κ1) is 15.8. The molecule has 124 valence electrons. The predicted octanol–water partition coefficient (Wildman–Crippen LogP) is -0.0415. The zero-order valence-electron chi connectivity index (χ0n) is 12.8. The minimum absolute atomic E-state index is 0.172. The molecule has 0 radical (unpaired) electrons. The standard InChI is InChI=1S/C14H14N6O4/c1-10(21)23-7-14(6-15)4-2-12(24-14)19-5-3-11(18-13(19)22)20-9-16-8-17-20/h3,5,8-9,12H,2,4,7H2,1H3/t12-,14-/m1/s1. The second kappa shape index (κ2) is 6.21. The topological polar surface area (TPSA) is 125 Å². The summed E-state index contributed by atoms with van der Waals surface area (Å²) in [6, 6.07) is 3.62. The van der Waals surface area contributed by atoms with Gasteiger partial charge in [-0.05, 0) is 18.9 Å². The van der Waals surface area contributed by atoms with Crippen LogP contribution in [0.25, 0.3) is 5.82 Å². The number of nitriles is 1. The summed E-state index contributed by atoms with van der Waals surface area (Å²) in [5.74, 6) is -0.161. The molecule has 0 unspecified atom stereocenters. The van der Waals surface area contributed by atoms with Gasteiger partial charge >= 0.3 is 11.7 Å². The summed E-state index contributed by atoms with van der Waals surface area (Å²) >= 11 is 0. The fourth-order valence-corrected chi connectivity index (χ4v) is 2.45. The van der Waals surface area contributed by atoms with Crippen LogP contribution in [0.4, 0.5) is 0 Å². The highest BCUT2D eigenvalue weighted by Gasteiger charge is 2.43. The van der Waals surface area contributed by atoms with Gasteiger partial charge in [0.1, 0.15) is 31.6 Å². The predicted molar refractivity (Wildman–Crippen MR) is 77.7 cm³/mol. The van der Waals surface area contributed by atoms with Crippen molar-refractivity contribution >= 4 is 5.97 Å². The normalized spacial score (nSPS) is 22.9. The lowest BCUT2D eigenvalue weighted by Crippen LogP contribution is -2.35. The lowest BCUT2D eigenvalue weighted by atomic mass is 10.0. The van der Waals surface area contributed by atoms with E-state index in [9.17, 15) is 14.9 Å². The van der Waals surface area contributed by atoms with E-state index >= 15 is 0 Å². The first-order valence-corrected chi connectivity index (χ1v) is 7.20. The Bertz CT molecular complexity index is 840. The van der Waals surface area contributed by atoms with Crippen molar-refractivity contribution in [3.8, 4) is 11.9 Å². The molecule has 1 aliphatic heterocycles. The van der Waals surface area contributed by atoms with E-state index in [2.05, 4.69) is 15.1 Å². The summed E-state index contributed by atoms with van der Waals surface area (Å²) in [6.07, 6.45) is 4.42. The minimum Gasteiger partial charge on any atom is -0.462 e. The molecule has 2 aromatic heterocycles. The van der Waals surface area contributed by atoms with Crippen molar-refractivity contribution in [3.63, 3.8) is 0 Å². The van der Waals surface area contributed by atoms with E-state index in [4.69, 9.17) is 9.47 Å². The molecule has 2 atom stereocenters. The van der Waals surface area contributed by atoms with Crippen LogP contribution < -0.4 is 5.69 Å². The molecule has 0 saturated carbocycles. The third-order valence-corrected chi connectivity index (χ3v) is 3.65. The molecule has 3 rings (SSSR count). The third-order valence-electron chi connectivity index (χ3n) is 3.65. The lowest BCUT2D eigenvalue weighted by Gasteiger charge is -2.21. The van der Waals surface area contributed by atoms with Gasteiger partial charge in [0.15, 0.2) is 11.4 Å². The Kier molecular flexibility index (Phi) is 4.09. The zero-order chi connectivity index (χ0) is 17.2. The summed E-state index contributed by atoms with van der Waals surface area (Å²) < 4.78 is 13.3. The van der Waals surface area contributed by atoms with E-state index < -0.39 is 23.5 Å². The van der Waals surface area contributed by atoms with Gasteiger partial charge in [0.25, 0.3) is 0 Å². The van der Waals surface area contributed by atoms with Gasteiger partial charge in [-0.3, -0.25) is 9.36 Å². The van der Waals surface area contributed by atoms with Crippen molar-refractivity contribution in [2.45, 2.75) is 31.6 Å². The van der Waals surface area contributed by atoms with Crippen LogP contribution in [0.15, 0.2) is 29.7 Å². The minimum atomic E-state index is -1.25. The van der Waals surface area contributed by atoms with Gasteiger partial charge < -0.3 is 9.47 Å². The van der Waals surface area contributed by atoms with Crippen molar-refractivity contribution in [2.24, 2.45) is 0 Å². The van der Waals surface area contributed by atoms with Crippen LogP contribution in [-0.2, 0) is 14.3 Å². The Morgan fingerprint density at radius 1 is 1.62 bits per heavy atom. The maximum Gasteiger partial charge on any atom is 0.351 e. The molecule has 0 N–H and O–H groups in total. The third kappa shape index (κ3) is 3.02. The zero-order valence-corrected chi connectivity index (χ0v) is 12.8. The summed E-state index contributed by atoms with van der Waals surface area (Å²) in [7, 11) is 0. The van der Waals surface area contributed by atoms with Gasteiger partial charge in [-0.25, -0.2) is 14.5 Å². The maximum atomic E-state index is 12.2. The van der Waals surface area contributed by atoms with Crippen LogP contribution in [0.3, 0.4) is 0 Å². The van der Waals surface area contributed by atoms with Crippen LogP contribution in [-0.4, -0.2) is 42.5 Å². The summed E-state index contributed by atoms with van der Waals surface area (Å²) in [5, 5.41) is 13.2. The van der Waals surface area contributed by atoms with E-state index in [0.29, 0.717) is 18.7 Å². The van der Waals surface area contributed by atoms with Crippen LogP contribution in [0.5, 0.6) is 0 Å². The van der Waals surface area contributed by atoms with Gasteiger partial charge in [0.2, 0.25) is 0 Å². The molecule has 0 bridgehead atoms. The van der Waals surface area contributed by atoms with Crippen molar-refractivity contribution in [3.05, 3.63) is 35.4 Å². The molecule has 2 aromatic rings. The van der Waals surface area contributed by atoms with Crippen LogP contribution in [0.1, 0.15) is 26.0 Å². The highest BCUT2D eigenvalue weighted by Crippen LogP contribution is 2.35. The summed E-state index contributed by atoms with van der Waals surface area (Å²) in [5.41, 5.74) is -1.78. The van der Waals surface area contributed by atoms with Gasteiger partial charge in [-0.15, -0.1) is 0 Å². The Morgan fingerprint density at radius 2 is 2.46 bits per heavy atom. The Hall–Kier alpha value is -3.06. The second-order valence-corrected chi connectivity index (χ2v) is 5.31. The number of aromatic nitrogens is 5. The van der Waals surface area contributed by atoms with E-state index in [1.165, 1.54) is 35.0 Å². The number of esters is 1. The van der Waals surface area contributed by atoms with Gasteiger partial charge in [-0.1, -0.05) is 0 Å². The SMILES string of the molecule is CC(=O)OC[C@]1(C#N)CC[C@H](n2ccc(-n3cncn3)nc2=O)O1. The van der Waals surface area contributed by atoms with E-state index in [-0.39, 0.29) is 6.61 Å². The smallest absolute Gasteiger partial charge is 0.351 e. The van der Waals surface area contributed by atoms with Crippen LogP contribution in [0.2, 0.25) is 0 Å². The lowest BCUT2D eigenvalue weighted by molar-refractivity contribution is -0.150. The average molecular weight is 330 g/mol. The molecule has 0 aromatic carbocycles. The first-order chi connectivity index (χ1) is 11.5. The fourth-order valence-electron chi connectivity index (χ4n) is 2.45. The number of hydrogen-bond donors (Lipinski definition) is 0. The molecule has 10 nitrogen and oxygen atoms in total. The highest BCUT2D eigenvalue weighted by atomic mass is 16.6. The fraction of sp³-hybridized carbons (Fsp3) is 0.429. The van der Waals surface area contributed by atoms with Crippen molar-refractivity contribution in [2.75, 3.05) is 6.61 Å². The average Bonchev–Trinajstić information content (AvgIpc) is 3.23. The number of nitrogens with zero attached hydrogens (tertiary/aromatic N) is 6. The van der Waals surface area contributed by atoms with Crippen LogP contribution in [0, 0.1) is 11.3 Å². The van der Waals surface area contributed by atoms with E-state index in [0.717, 1.165) is 0 Å². The van der Waals surface area contributed by atoms with Crippen molar-refractivity contribution in [1.29, 1.82) is 5.26 Å². The number of carbonyl (C=O) groups excluding carboxylic acids is 1. The summed E-state index contributed by atoms with van der Waals surface area (Å²) in [6.45, 7) is 1.09. The van der Waals surface area contributed by atoms with Crippen molar-refractivity contribution < 1.29 is 14.3 Å². The van der Waals surface area contributed by atoms with Crippen LogP contribution >= 0.6 is 0 Å². The Balaban J connectivity index is 1.80. The monoisotopic (exact) mass is 330 g/mol. The first-order valence-electron chi connectivity index (χ1n) is 7.20. The molecule has 0 spiro atoms. The Morgan fingerprint density at radius 3 is 3.08 bits per heavy atom. The molecule has 24 heavy (non-hydrogen) atoms. The molecule has 3 heterocycles. The van der Waals surface area contributed by atoms with Gasteiger partial charge in [0, 0.05) is 13.1 Å². The van der Waals surface area contributed by atoms with Crippen molar-refractivity contribution in [1.82, 2.24) is 24.3 Å².